The van der Waals surface area contributed by atoms with Crippen LogP contribution in [0.3, 0.4) is 0 Å². The second-order valence-electron chi connectivity index (χ2n) is 9.60. The van der Waals surface area contributed by atoms with Gasteiger partial charge in [-0.25, -0.2) is 0 Å². The van der Waals surface area contributed by atoms with E-state index in [1.807, 2.05) is 36.4 Å². The zero-order valence-corrected chi connectivity index (χ0v) is 19.2. The Balaban J connectivity index is 1.62. The highest BCUT2D eigenvalue weighted by Crippen LogP contribution is 2.41. The Hall–Kier alpha value is -3.33. The van der Waals surface area contributed by atoms with Gasteiger partial charge in [-0.3, -0.25) is 4.79 Å². The van der Waals surface area contributed by atoms with Crippen LogP contribution in [0.4, 0.5) is 0 Å². The van der Waals surface area contributed by atoms with Gasteiger partial charge < -0.3 is 9.88 Å². The molecule has 32 heavy (non-hydrogen) atoms. The van der Waals surface area contributed by atoms with Crippen LogP contribution >= 0.6 is 0 Å². The number of fused-ring (bicyclic) bond motifs is 1. The number of aromatic nitrogens is 1. The van der Waals surface area contributed by atoms with E-state index in [1.54, 1.807) is 0 Å². The minimum Gasteiger partial charge on any atom is -0.352 e. The third-order valence-electron chi connectivity index (χ3n) is 6.16. The maximum atomic E-state index is 13.0. The zero-order valence-electron chi connectivity index (χ0n) is 19.2. The SMILES string of the molecule is CC(C)(C)[C@H](CC(=O)NCc1ccccc1)c1cn(Cc2ccccc2)c2ccccc12. The van der Waals surface area contributed by atoms with Crippen LogP contribution in [0.15, 0.2) is 91.1 Å². The Morgan fingerprint density at radius 1 is 0.844 bits per heavy atom. The highest BCUT2D eigenvalue weighted by molar-refractivity contribution is 5.86. The summed E-state index contributed by atoms with van der Waals surface area (Å²) < 4.78 is 2.32. The summed E-state index contributed by atoms with van der Waals surface area (Å²) in [7, 11) is 0. The van der Waals surface area contributed by atoms with Gasteiger partial charge in [-0.1, -0.05) is 99.6 Å². The lowest BCUT2D eigenvalue weighted by atomic mass is 9.74. The van der Waals surface area contributed by atoms with Gasteiger partial charge in [0.15, 0.2) is 0 Å². The van der Waals surface area contributed by atoms with Crippen molar-refractivity contribution in [2.45, 2.75) is 46.2 Å². The smallest absolute Gasteiger partial charge is 0.220 e. The number of rotatable bonds is 7. The topological polar surface area (TPSA) is 34.0 Å². The summed E-state index contributed by atoms with van der Waals surface area (Å²) in [5, 5.41) is 4.36. The van der Waals surface area contributed by atoms with Crippen molar-refractivity contribution >= 4 is 16.8 Å². The van der Waals surface area contributed by atoms with Crippen LogP contribution in [0.2, 0.25) is 0 Å². The van der Waals surface area contributed by atoms with E-state index < -0.39 is 0 Å². The Labute approximate surface area is 191 Å². The number of amides is 1. The summed E-state index contributed by atoms with van der Waals surface area (Å²) in [6.45, 7) is 8.06. The Morgan fingerprint density at radius 3 is 2.09 bits per heavy atom. The molecule has 1 amide bonds. The maximum Gasteiger partial charge on any atom is 0.220 e. The van der Waals surface area contributed by atoms with Gasteiger partial charge in [-0.2, -0.15) is 0 Å². The molecule has 0 saturated heterocycles. The molecule has 3 aromatic carbocycles. The minimum atomic E-state index is -0.0498. The molecule has 4 aromatic rings. The average molecular weight is 425 g/mol. The van der Waals surface area contributed by atoms with E-state index >= 15 is 0 Å². The predicted octanol–water partition coefficient (Wildman–Crippen LogP) is 6.53. The van der Waals surface area contributed by atoms with Crippen molar-refractivity contribution in [3.05, 3.63) is 108 Å². The molecular weight excluding hydrogens is 392 g/mol. The van der Waals surface area contributed by atoms with Crippen molar-refractivity contribution in [3.8, 4) is 0 Å². The largest absolute Gasteiger partial charge is 0.352 e. The second-order valence-corrected chi connectivity index (χ2v) is 9.60. The van der Waals surface area contributed by atoms with Crippen LogP contribution in [-0.2, 0) is 17.9 Å². The quantitative estimate of drug-likeness (QED) is 0.360. The number of carbonyl (C=O) groups is 1. The summed E-state index contributed by atoms with van der Waals surface area (Å²) in [4.78, 5) is 13.0. The molecule has 0 aliphatic heterocycles. The van der Waals surface area contributed by atoms with E-state index in [0.29, 0.717) is 13.0 Å². The summed E-state index contributed by atoms with van der Waals surface area (Å²) >= 11 is 0. The molecule has 164 valence electrons. The molecule has 0 radical (unpaired) electrons. The van der Waals surface area contributed by atoms with Gasteiger partial charge >= 0.3 is 0 Å². The molecule has 0 spiro atoms. The average Bonchev–Trinajstić information content (AvgIpc) is 3.15. The number of para-hydroxylation sites is 1. The van der Waals surface area contributed by atoms with Crippen molar-refractivity contribution in [2.75, 3.05) is 0 Å². The molecule has 0 fully saturated rings. The van der Waals surface area contributed by atoms with Crippen LogP contribution in [0.25, 0.3) is 10.9 Å². The van der Waals surface area contributed by atoms with Crippen LogP contribution in [0.5, 0.6) is 0 Å². The first-order valence-corrected chi connectivity index (χ1v) is 11.3. The molecular formula is C29H32N2O. The van der Waals surface area contributed by atoms with Gasteiger partial charge in [0.1, 0.15) is 0 Å². The molecule has 0 aliphatic carbocycles. The summed E-state index contributed by atoms with van der Waals surface area (Å²) in [5.74, 6) is 0.203. The molecule has 1 heterocycles. The van der Waals surface area contributed by atoms with E-state index in [0.717, 1.165) is 12.1 Å². The lowest BCUT2D eigenvalue weighted by Gasteiger charge is -2.30. The van der Waals surface area contributed by atoms with E-state index in [4.69, 9.17) is 0 Å². The predicted molar refractivity (Wildman–Crippen MR) is 133 cm³/mol. The number of benzene rings is 3. The molecule has 1 atom stereocenters. The monoisotopic (exact) mass is 424 g/mol. The molecule has 1 aromatic heterocycles. The number of nitrogens with zero attached hydrogens (tertiary/aromatic N) is 1. The van der Waals surface area contributed by atoms with Crippen LogP contribution in [0, 0.1) is 5.41 Å². The molecule has 4 rings (SSSR count). The minimum absolute atomic E-state index is 0.0498. The first-order chi connectivity index (χ1) is 15.4. The van der Waals surface area contributed by atoms with Crippen LogP contribution in [0.1, 0.15) is 49.8 Å². The van der Waals surface area contributed by atoms with Crippen molar-refractivity contribution in [1.82, 2.24) is 9.88 Å². The first-order valence-electron chi connectivity index (χ1n) is 11.3. The molecule has 0 aliphatic rings. The van der Waals surface area contributed by atoms with Gasteiger partial charge in [0, 0.05) is 36.6 Å². The highest BCUT2D eigenvalue weighted by Gasteiger charge is 2.31. The fourth-order valence-electron chi connectivity index (χ4n) is 4.40. The summed E-state index contributed by atoms with van der Waals surface area (Å²) in [6, 6.07) is 29.1. The lowest BCUT2D eigenvalue weighted by molar-refractivity contribution is -0.122. The van der Waals surface area contributed by atoms with Gasteiger partial charge in [0.2, 0.25) is 5.91 Å². The van der Waals surface area contributed by atoms with E-state index in [1.165, 1.54) is 22.0 Å². The molecule has 3 heteroatoms. The Morgan fingerprint density at radius 2 is 1.44 bits per heavy atom. The fourth-order valence-corrected chi connectivity index (χ4v) is 4.40. The van der Waals surface area contributed by atoms with Crippen LogP contribution < -0.4 is 5.32 Å². The first kappa shape index (κ1) is 21.9. The normalized spacial score (nSPS) is 12.6. The van der Waals surface area contributed by atoms with E-state index in [-0.39, 0.29) is 17.2 Å². The number of carbonyl (C=O) groups excluding carboxylic acids is 1. The highest BCUT2D eigenvalue weighted by atomic mass is 16.1. The van der Waals surface area contributed by atoms with Gasteiger partial charge in [0.25, 0.3) is 0 Å². The number of hydrogen-bond donors (Lipinski definition) is 1. The van der Waals surface area contributed by atoms with Gasteiger partial charge in [-0.05, 0) is 34.1 Å². The molecule has 0 saturated carbocycles. The zero-order chi connectivity index (χ0) is 22.6. The number of hydrogen-bond acceptors (Lipinski definition) is 1. The maximum absolute atomic E-state index is 13.0. The van der Waals surface area contributed by atoms with Crippen molar-refractivity contribution < 1.29 is 4.79 Å². The van der Waals surface area contributed by atoms with Crippen molar-refractivity contribution in [2.24, 2.45) is 5.41 Å². The van der Waals surface area contributed by atoms with Gasteiger partial charge in [0.05, 0.1) is 0 Å². The van der Waals surface area contributed by atoms with Gasteiger partial charge in [-0.15, -0.1) is 0 Å². The van der Waals surface area contributed by atoms with E-state index in [2.05, 4.69) is 85.4 Å². The number of nitrogens with one attached hydrogen (secondary N) is 1. The molecule has 0 unspecified atom stereocenters. The molecule has 3 nitrogen and oxygen atoms in total. The molecule has 1 N–H and O–H groups in total. The van der Waals surface area contributed by atoms with Crippen LogP contribution in [-0.4, -0.2) is 10.5 Å². The van der Waals surface area contributed by atoms with E-state index in [9.17, 15) is 4.79 Å². The summed E-state index contributed by atoms with van der Waals surface area (Å²) in [5.41, 5.74) is 4.80. The summed E-state index contributed by atoms with van der Waals surface area (Å²) in [6.07, 6.45) is 2.73. The second kappa shape index (κ2) is 9.44. The third-order valence-corrected chi connectivity index (χ3v) is 6.16. The Kier molecular flexibility index (Phi) is 6.45. The third kappa shape index (κ3) is 5.11. The fraction of sp³-hybridized carbons (Fsp3) is 0.276. The lowest BCUT2D eigenvalue weighted by Crippen LogP contribution is -2.29. The Bertz CT molecular complexity index is 1170. The molecule has 0 bridgehead atoms. The van der Waals surface area contributed by atoms with Crippen molar-refractivity contribution in [1.29, 1.82) is 0 Å². The van der Waals surface area contributed by atoms with Crippen molar-refractivity contribution in [3.63, 3.8) is 0 Å². The standard InChI is InChI=1S/C29H32N2O/c1-29(2,3)26(18-28(32)30-19-22-12-6-4-7-13-22)25-21-31(20-23-14-8-5-9-15-23)27-17-11-10-16-24(25)27/h4-17,21,26H,18-20H2,1-3H3,(H,30,32)/t26-/m1/s1.